The number of carbonyl (C=O) groups excluding carboxylic acids is 2. The van der Waals surface area contributed by atoms with Crippen molar-refractivity contribution in [3.8, 4) is 0 Å². The van der Waals surface area contributed by atoms with E-state index < -0.39 is 6.10 Å². The Bertz CT molecular complexity index is 644. The van der Waals surface area contributed by atoms with Gasteiger partial charge in [-0.15, -0.1) is 0 Å². The fraction of sp³-hybridized carbons (Fsp3) is 0.706. The van der Waals surface area contributed by atoms with Crippen LogP contribution in [0.5, 0.6) is 0 Å². The number of β-amino-alcohol motifs (C(OH)–C–C–N with tert-alkyl or cyclic N) is 1. The highest BCUT2D eigenvalue weighted by atomic mass is 16.3. The van der Waals surface area contributed by atoms with Gasteiger partial charge in [0.2, 0.25) is 5.91 Å². The first-order chi connectivity index (χ1) is 11.6. The zero-order valence-electron chi connectivity index (χ0n) is 13.8. The fourth-order valence-electron chi connectivity index (χ4n) is 4.02. The maximum absolute atomic E-state index is 12.5. The Balaban J connectivity index is 1.41. The molecule has 0 radical (unpaired) electrons. The molecule has 3 heterocycles. The number of aromatic nitrogens is 2. The van der Waals surface area contributed by atoms with E-state index in [1.54, 1.807) is 11.2 Å². The van der Waals surface area contributed by atoms with Crippen molar-refractivity contribution in [1.29, 1.82) is 0 Å². The van der Waals surface area contributed by atoms with Crippen LogP contribution in [0, 0.1) is 5.92 Å². The minimum atomic E-state index is -0.406. The first-order valence-electron chi connectivity index (χ1n) is 8.93. The SMILES string of the molecule is O=C(NC1CCCC1)C1CCc2c(C(=O)N3CC(O)C3)ncn2C1. The molecular weight excluding hydrogens is 308 g/mol. The molecule has 0 aromatic carbocycles. The maximum atomic E-state index is 12.5. The Morgan fingerprint density at radius 1 is 1.17 bits per heavy atom. The summed E-state index contributed by atoms with van der Waals surface area (Å²) in [5.41, 5.74) is 1.41. The number of likely N-dealkylation sites (tertiary alicyclic amines) is 1. The highest BCUT2D eigenvalue weighted by Crippen LogP contribution is 2.25. The summed E-state index contributed by atoms with van der Waals surface area (Å²) in [4.78, 5) is 30.8. The third kappa shape index (κ3) is 2.81. The number of aliphatic hydroxyl groups is 1. The third-order valence-electron chi connectivity index (χ3n) is 5.52. The van der Waals surface area contributed by atoms with Gasteiger partial charge in [-0.3, -0.25) is 9.59 Å². The van der Waals surface area contributed by atoms with Crippen LogP contribution >= 0.6 is 0 Å². The van der Waals surface area contributed by atoms with Crippen molar-refractivity contribution in [2.24, 2.45) is 5.92 Å². The van der Waals surface area contributed by atoms with Gasteiger partial charge in [0, 0.05) is 25.7 Å². The molecule has 4 rings (SSSR count). The molecule has 2 fully saturated rings. The number of hydrogen-bond acceptors (Lipinski definition) is 4. The van der Waals surface area contributed by atoms with Crippen molar-refractivity contribution in [2.45, 2.75) is 57.2 Å². The molecule has 1 saturated carbocycles. The van der Waals surface area contributed by atoms with Crippen LogP contribution in [0.25, 0.3) is 0 Å². The largest absolute Gasteiger partial charge is 0.389 e. The van der Waals surface area contributed by atoms with Gasteiger partial charge in [-0.1, -0.05) is 12.8 Å². The molecule has 0 bridgehead atoms. The highest BCUT2D eigenvalue weighted by molar-refractivity contribution is 5.94. The van der Waals surface area contributed by atoms with Gasteiger partial charge < -0.3 is 19.9 Å². The van der Waals surface area contributed by atoms with Crippen LogP contribution in [-0.2, 0) is 17.8 Å². The van der Waals surface area contributed by atoms with E-state index in [0.717, 1.165) is 25.0 Å². The molecule has 24 heavy (non-hydrogen) atoms. The number of amides is 2. The normalized spacial score (nSPS) is 24.5. The molecule has 130 valence electrons. The Hall–Kier alpha value is -1.89. The minimum absolute atomic E-state index is 0.0407. The number of nitrogens with zero attached hydrogens (tertiary/aromatic N) is 3. The lowest BCUT2D eigenvalue weighted by molar-refractivity contribution is -0.126. The summed E-state index contributed by atoms with van der Waals surface area (Å²) in [7, 11) is 0. The second-order valence-electron chi connectivity index (χ2n) is 7.28. The highest BCUT2D eigenvalue weighted by Gasteiger charge is 2.35. The molecule has 1 unspecified atom stereocenters. The maximum Gasteiger partial charge on any atom is 0.274 e. The standard InChI is InChI=1S/C17H24N4O3/c22-13-8-20(9-13)17(24)15-14-6-5-11(7-21(14)10-18-15)16(23)19-12-3-1-2-4-12/h10-13,22H,1-9H2,(H,19,23). The summed E-state index contributed by atoms with van der Waals surface area (Å²) in [6.45, 7) is 1.37. The molecule has 2 N–H and O–H groups in total. The van der Waals surface area contributed by atoms with Crippen LogP contribution in [0.3, 0.4) is 0 Å². The second-order valence-corrected chi connectivity index (χ2v) is 7.28. The lowest BCUT2D eigenvalue weighted by atomic mass is 9.95. The van der Waals surface area contributed by atoms with Crippen LogP contribution in [0.4, 0.5) is 0 Å². The van der Waals surface area contributed by atoms with Gasteiger partial charge in [0.15, 0.2) is 0 Å². The van der Waals surface area contributed by atoms with Crippen LogP contribution in [0.2, 0.25) is 0 Å². The van der Waals surface area contributed by atoms with E-state index in [1.807, 2.05) is 4.57 Å². The molecule has 1 aromatic heterocycles. The predicted molar refractivity (Wildman–Crippen MR) is 86.3 cm³/mol. The summed E-state index contributed by atoms with van der Waals surface area (Å²) in [5.74, 6) is -0.0102. The van der Waals surface area contributed by atoms with Crippen molar-refractivity contribution in [3.05, 3.63) is 17.7 Å². The Morgan fingerprint density at radius 2 is 1.92 bits per heavy atom. The number of aliphatic hydroxyl groups excluding tert-OH is 1. The topological polar surface area (TPSA) is 87.5 Å². The first kappa shape index (κ1) is 15.6. The zero-order chi connectivity index (χ0) is 16.7. The van der Waals surface area contributed by atoms with Crippen LogP contribution < -0.4 is 5.32 Å². The lowest BCUT2D eigenvalue weighted by Crippen LogP contribution is -2.53. The van der Waals surface area contributed by atoms with Gasteiger partial charge >= 0.3 is 0 Å². The number of nitrogens with one attached hydrogen (secondary N) is 1. The molecule has 2 aliphatic heterocycles. The van der Waals surface area contributed by atoms with Crippen molar-refractivity contribution >= 4 is 11.8 Å². The quantitative estimate of drug-likeness (QED) is 0.834. The van der Waals surface area contributed by atoms with Gasteiger partial charge in [0.1, 0.15) is 5.69 Å². The van der Waals surface area contributed by atoms with Crippen molar-refractivity contribution in [2.75, 3.05) is 13.1 Å². The first-order valence-corrected chi connectivity index (χ1v) is 8.93. The van der Waals surface area contributed by atoms with E-state index >= 15 is 0 Å². The summed E-state index contributed by atoms with van der Waals surface area (Å²) in [6.07, 6.45) is 7.32. The molecule has 1 aromatic rings. The lowest BCUT2D eigenvalue weighted by Gasteiger charge is -2.35. The van der Waals surface area contributed by atoms with Crippen molar-refractivity contribution in [3.63, 3.8) is 0 Å². The minimum Gasteiger partial charge on any atom is -0.389 e. The molecule has 1 atom stereocenters. The Kier molecular flexibility index (Phi) is 4.04. The number of rotatable bonds is 3. The molecule has 0 spiro atoms. The molecule has 2 amide bonds. The van der Waals surface area contributed by atoms with Gasteiger partial charge in [0.25, 0.3) is 5.91 Å². The molecule has 1 aliphatic carbocycles. The van der Waals surface area contributed by atoms with E-state index in [-0.39, 0.29) is 17.7 Å². The predicted octanol–water partition coefficient (Wildman–Crippen LogP) is 0.321. The smallest absolute Gasteiger partial charge is 0.274 e. The van der Waals surface area contributed by atoms with E-state index in [1.165, 1.54) is 12.8 Å². The van der Waals surface area contributed by atoms with Crippen molar-refractivity contribution < 1.29 is 14.7 Å². The number of carbonyl (C=O) groups is 2. The van der Waals surface area contributed by atoms with Gasteiger partial charge in [-0.2, -0.15) is 0 Å². The Labute approximate surface area is 141 Å². The van der Waals surface area contributed by atoms with E-state index in [9.17, 15) is 14.7 Å². The molecule has 3 aliphatic rings. The third-order valence-corrected chi connectivity index (χ3v) is 5.52. The fourth-order valence-corrected chi connectivity index (χ4v) is 4.02. The van der Waals surface area contributed by atoms with Crippen molar-refractivity contribution in [1.82, 2.24) is 19.8 Å². The molecule has 1 saturated heterocycles. The summed E-state index contributed by atoms with van der Waals surface area (Å²) in [5, 5.41) is 12.5. The second kappa shape index (κ2) is 6.20. The van der Waals surface area contributed by atoms with Gasteiger partial charge in [-0.05, 0) is 25.7 Å². The van der Waals surface area contributed by atoms with E-state index in [4.69, 9.17) is 0 Å². The zero-order valence-corrected chi connectivity index (χ0v) is 13.8. The van der Waals surface area contributed by atoms with Crippen LogP contribution in [0.15, 0.2) is 6.33 Å². The monoisotopic (exact) mass is 332 g/mol. The molecular formula is C17H24N4O3. The summed E-state index contributed by atoms with van der Waals surface area (Å²) in [6, 6.07) is 0.344. The van der Waals surface area contributed by atoms with Gasteiger partial charge in [-0.25, -0.2) is 4.98 Å². The van der Waals surface area contributed by atoms with E-state index in [0.29, 0.717) is 37.8 Å². The number of imidazole rings is 1. The molecule has 7 nitrogen and oxygen atoms in total. The summed E-state index contributed by atoms with van der Waals surface area (Å²) < 4.78 is 1.95. The number of fused-ring (bicyclic) bond motifs is 1. The van der Waals surface area contributed by atoms with Crippen LogP contribution in [0.1, 0.15) is 48.3 Å². The summed E-state index contributed by atoms with van der Waals surface area (Å²) >= 11 is 0. The average molecular weight is 332 g/mol. The number of hydrogen-bond donors (Lipinski definition) is 2. The Morgan fingerprint density at radius 3 is 2.62 bits per heavy atom. The van der Waals surface area contributed by atoms with E-state index in [2.05, 4.69) is 10.3 Å². The van der Waals surface area contributed by atoms with Gasteiger partial charge in [0.05, 0.1) is 24.0 Å². The average Bonchev–Trinajstić information content (AvgIpc) is 3.19. The molecule has 7 heteroatoms. The van der Waals surface area contributed by atoms with Crippen LogP contribution in [-0.4, -0.2) is 56.6 Å².